The van der Waals surface area contributed by atoms with Crippen LogP contribution < -0.4 is 4.73 Å². The zero-order valence-corrected chi connectivity index (χ0v) is 20.1. The van der Waals surface area contributed by atoms with Gasteiger partial charge < -0.3 is 15.2 Å². The molecule has 3 saturated carbocycles. The molecule has 4 bridgehead atoms. The Bertz CT molecular complexity index is 1250. The second-order valence-corrected chi connectivity index (χ2v) is 12.4. The van der Waals surface area contributed by atoms with E-state index in [0.717, 1.165) is 44.6 Å². The number of carbonyl (C=O) groups is 1. The Kier molecular flexibility index (Phi) is 3.94. The van der Waals surface area contributed by atoms with Gasteiger partial charge in [-0.25, -0.2) is 0 Å². The first-order chi connectivity index (χ1) is 17.0. The van der Waals surface area contributed by atoms with Gasteiger partial charge in [-0.1, -0.05) is 24.3 Å². The third kappa shape index (κ3) is 2.47. The van der Waals surface area contributed by atoms with Crippen molar-refractivity contribution in [1.82, 2.24) is 9.80 Å². The number of β-amino-alcohol motifs (C(OH)–C–C–N with tert-alkyl or cyclic N) is 1. The smallest absolute Gasteiger partial charge is 0.260 e. The molecule has 2 aliphatic heterocycles. The second kappa shape index (κ2) is 6.65. The number of hydrogen-bond acceptors (Lipinski definition) is 4. The highest BCUT2D eigenvalue weighted by Gasteiger charge is 2.80. The summed E-state index contributed by atoms with van der Waals surface area (Å²) in [6.45, 7) is 2.69. The third-order valence-corrected chi connectivity index (χ3v) is 11.0. The van der Waals surface area contributed by atoms with Crippen LogP contribution in [0.25, 0.3) is 0 Å². The number of rotatable bonds is 3. The van der Waals surface area contributed by atoms with E-state index in [4.69, 9.17) is 0 Å². The molecule has 6 nitrogen and oxygen atoms in total. The van der Waals surface area contributed by atoms with Gasteiger partial charge in [0.05, 0.1) is 12.1 Å². The molecule has 1 N–H and O–H groups in total. The van der Waals surface area contributed by atoms with E-state index in [1.165, 1.54) is 42.9 Å². The molecule has 1 aromatic carbocycles. The number of pyridine rings is 1. The molecule has 5 fully saturated rings. The maximum absolute atomic E-state index is 13.7. The van der Waals surface area contributed by atoms with Crippen molar-refractivity contribution in [1.29, 1.82) is 0 Å². The summed E-state index contributed by atoms with van der Waals surface area (Å²) in [7, 11) is 0. The van der Waals surface area contributed by atoms with E-state index in [0.29, 0.717) is 22.9 Å². The number of benzene rings is 1. The second-order valence-electron chi connectivity index (χ2n) is 12.4. The van der Waals surface area contributed by atoms with Crippen LogP contribution in [0.5, 0.6) is 0 Å². The lowest BCUT2D eigenvalue weighted by atomic mass is 9.43. The topological polar surface area (TPSA) is 70.7 Å². The molecule has 3 heterocycles. The molecule has 2 aromatic rings. The van der Waals surface area contributed by atoms with Gasteiger partial charge in [0.1, 0.15) is 5.56 Å². The standard InChI is InChI=1S/C29H33N3O3/c33-26(21-5-3-12-31(35)16-21)32-18-28(34)17-27-10-9-23(32)25(28)29(27)11-13-30(15-19-7-8-19)24(27)14-20-4-1-2-6-22(20)29/h1-6,12,16,19,23-25,34H,7-11,13-15,17-18H2/t23-,24-,25+,27-,28-,29+/m1/s1. The first-order valence-electron chi connectivity index (χ1n) is 13.5. The molecule has 6 heteroatoms. The number of aliphatic hydroxyl groups is 1. The van der Waals surface area contributed by atoms with Crippen LogP contribution in [0.1, 0.15) is 60.0 Å². The van der Waals surface area contributed by atoms with E-state index < -0.39 is 5.60 Å². The molecule has 2 saturated heterocycles. The molecule has 8 rings (SSSR count). The minimum atomic E-state index is -0.871. The number of aromatic nitrogens is 1. The van der Waals surface area contributed by atoms with Crippen LogP contribution in [0.3, 0.4) is 0 Å². The van der Waals surface area contributed by atoms with Crippen molar-refractivity contribution in [2.45, 2.75) is 68.0 Å². The van der Waals surface area contributed by atoms with Crippen LogP contribution in [-0.4, -0.2) is 58.1 Å². The Morgan fingerprint density at radius 2 is 2.00 bits per heavy atom. The lowest BCUT2D eigenvalue weighted by Gasteiger charge is -2.66. The summed E-state index contributed by atoms with van der Waals surface area (Å²) < 4.78 is 0.695. The molecule has 0 unspecified atom stereocenters. The van der Waals surface area contributed by atoms with Crippen molar-refractivity contribution in [3.8, 4) is 0 Å². The summed E-state index contributed by atoms with van der Waals surface area (Å²) in [4.78, 5) is 18.4. The summed E-state index contributed by atoms with van der Waals surface area (Å²) in [5, 5.41) is 24.3. The largest absolute Gasteiger partial charge is 0.619 e. The van der Waals surface area contributed by atoms with Gasteiger partial charge in [0.25, 0.3) is 5.91 Å². The fraction of sp³-hybridized carbons (Fsp3) is 0.586. The molecule has 1 aromatic heterocycles. The number of carbonyl (C=O) groups excluding carboxylic acids is 1. The number of fused-ring (bicyclic) bond motifs is 1. The van der Waals surface area contributed by atoms with Crippen molar-refractivity contribution in [3.63, 3.8) is 0 Å². The molecular weight excluding hydrogens is 438 g/mol. The Morgan fingerprint density at radius 1 is 1.14 bits per heavy atom. The Balaban J connectivity index is 1.26. The fourth-order valence-electron chi connectivity index (χ4n) is 9.92. The molecule has 6 aliphatic rings. The van der Waals surface area contributed by atoms with Gasteiger partial charge in [-0.15, -0.1) is 0 Å². The van der Waals surface area contributed by atoms with E-state index in [1.54, 1.807) is 12.1 Å². The third-order valence-electron chi connectivity index (χ3n) is 11.0. The minimum Gasteiger partial charge on any atom is -0.619 e. The molecule has 0 spiro atoms. The molecule has 6 atom stereocenters. The zero-order chi connectivity index (χ0) is 23.6. The predicted molar refractivity (Wildman–Crippen MR) is 129 cm³/mol. The van der Waals surface area contributed by atoms with Crippen LogP contribution >= 0.6 is 0 Å². The first kappa shape index (κ1) is 20.7. The van der Waals surface area contributed by atoms with E-state index in [1.807, 2.05) is 4.90 Å². The van der Waals surface area contributed by atoms with Crippen molar-refractivity contribution in [3.05, 3.63) is 70.7 Å². The Hall–Kier alpha value is -2.44. The van der Waals surface area contributed by atoms with Gasteiger partial charge in [0.15, 0.2) is 12.4 Å². The zero-order valence-electron chi connectivity index (χ0n) is 20.1. The molecule has 182 valence electrons. The van der Waals surface area contributed by atoms with Crippen LogP contribution in [0.4, 0.5) is 0 Å². The first-order valence-corrected chi connectivity index (χ1v) is 13.5. The number of nitrogens with zero attached hydrogens (tertiary/aromatic N) is 3. The highest BCUT2D eigenvalue weighted by atomic mass is 16.5. The van der Waals surface area contributed by atoms with Gasteiger partial charge in [0.2, 0.25) is 0 Å². The summed E-state index contributed by atoms with van der Waals surface area (Å²) in [5.41, 5.74) is 2.47. The number of likely N-dealkylation sites (tertiary alicyclic amines) is 2. The van der Waals surface area contributed by atoms with Crippen molar-refractivity contribution in [2.75, 3.05) is 19.6 Å². The summed E-state index contributed by atoms with van der Waals surface area (Å²) in [6.07, 6.45) is 10.5. The average Bonchev–Trinajstić information content (AvgIpc) is 3.58. The Labute approximate surface area is 206 Å². The molecular formula is C29H33N3O3. The van der Waals surface area contributed by atoms with E-state index in [-0.39, 0.29) is 28.7 Å². The summed E-state index contributed by atoms with van der Waals surface area (Å²) >= 11 is 0. The number of amides is 1. The maximum atomic E-state index is 13.7. The predicted octanol–water partition coefficient (Wildman–Crippen LogP) is 2.65. The van der Waals surface area contributed by atoms with Crippen LogP contribution in [0, 0.1) is 22.5 Å². The van der Waals surface area contributed by atoms with Crippen molar-refractivity contribution < 1.29 is 14.6 Å². The lowest BCUT2D eigenvalue weighted by Crippen LogP contribution is -2.70. The minimum absolute atomic E-state index is 0.0187. The number of piperidine rings is 1. The van der Waals surface area contributed by atoms with Gasteiger partial charge in [0, 0.05) is 36.0 Å². The number of hydrogen-bond donors (Lipinski definition) is 1. The van der Waals surface area contributed by atoms with Gasteiger partial charge >= 0.3 is 0 Å². The average molecular weight is 472 g/mol. The molecule has 4 aliphatic carbocycles. The maximum Gasteiger partial charge on any atom is 0.260 e. The van der Waals surface area contributed by atoms with Crippen LogP contribution in [0.2, 0.25) is 0 Å². The van der Waals surface area contributed by atoms with Gasteiger partial charge in [-0.3, -0.25) is 9.69 Å². The highest BCUT2D eigenvalue weighted by molar-refractivity contribution is 5.94. The van der Waals surface area contributed by atoms with Gasteiger partial charge in [-0.2, -0.15) is 4.73 Å². The van der Waals surface area contributed by atoms with E-state index in [9.17, 15) is 15.1 Å². The molecule has 0 radical (unpaired) electrons. The SMILES string of the molecule is O=C(c1ccc[n+]([O-])c1)N1C[C@]2(O)C[C@@]34CC[C@@H]1[C@@H]2[C@@]31CCN(CC2CC2)[C@@H]4Cc2ccccc21. The molecule has 35 heavy (non-hydrogen) atoms. The Morgan fingerprint density at radius 3 is 2.83 bits per heavy atom. The normalized spacial score (nSPS) is 40.9. The van der Waals surface area contributed by atoms with Crippen molar-refractivity contribution >= 4 is 5.91 Å². The summed E-state index contributed by atoms with van der Waals surface area (Å²) in [6, 6.07) is 12.9. The highest BCUT2D eigenvalue weighted by Crippen LogP contribution is 2.76. The quantitative estimate of drug-likeness (QED) is 0.552. The van der Waals surface area contributed by atoms with Crippen LogP contribution in [-0.2, 0) is 11.8 Å². The van der Waals surface area contributed by atoms with Gasteiger partial charge in [-0.05, 0) is 80.0 Å². The van der Waals surface area contributed by atoms with Crippen molar-refractivity contribution in [2.24, 2.45) is 17.3 Å². The summed E-state index contributed by atoms with van der Waals surface area (Å²) in [5.74, 6) is 0.806. The fourth-order valence-corrected chi connectivity index (χ4v) is 9.92. The van der Waals surface area contributed by atoms with Crippen LogP contribution in [0.15, 0.2) is 48.8 Å². The monoisotopic (exact) mass is 471 g/mol. The molecule has 1 amide bonds. The van der Waals surface area contributed by atoms with E-state index >= 15 is 0 Å². The van der Waals surface area contributed by atoms with E-state index in [2.05, 4.69) is 29.2 Å². The lowest BCUT2D eigenvalue weighted by molar-refractivity contribution is -0.605.